The van der Waals surface area contributed by atoms with Crippen molar-refractivity contribution in [1.82, 2.24) is 15.3 Å². The molecule has 1 aliphatic heterocycles. The Morgan fingerprint density at radius 1 is 1.44 bits per heavy atom. The van der Waals surface area contributed by atoms with Crippen molar-refractivity contribution in [2.75, 3.05) is 32.1 Å². The van der Waals surface area contributed by atoms with E-state index in [-0.39, 0.29) is 0 Å². The van der Waals surface area contributed by atoms with Gasteiger partial charge in [0.2, 0.25) is 5.88 Å². The molecule has 5 nitrogen and oxygen atoms in total. The predicted octanol–water partition coefficient (Wildman–Crippen LogP) is 1.45. The van der Waals surface area contributed by atoms with Crippen LogP contribution in [0.15, 0.2) is 12.4 Å². The maximum Gasteiger partial charge on any atom is 0.218 e. The number of anilines is 1. The number of methoxy groups -OCH3 is 1. The average Bonchev–Trinajstić information content (AvgIpc) is 2.45. The molecular formula is C13H22N4O. The maximum atomic E-state index is 5.17. The largest absolute Gasteiger partial charge is 0.481 e. The van der Waals surface area contributed by atoms with Gasteiger partial charge >= 0.3 is 0 Å². The van der Waals surface area contributed by atoms with Crippen molar-refractivity contribution in [3.63, 3.8) is 0 Å². The van der Waals surface area contributed by atoms with E-state index in [1.165, 1.54) is 19.3 Å². The minimum atomic E-state index is 0.575. The molecule has 0 aliphatic carbocycles. The zero-order chi connectivity index (χ0) is 12.8. The minimum Gasteiger partial charge on any atom is -0.481 e. The fourth-order valence-electron chi connectivity index (χ4n) is 2.51. The molecule has 1 aromatic rings. The first-order chi connectivity index (χ1) is 8.85. The van der Waals surface area contributed by atoms with E-state index in [1.54, 1.807) is 13.4 Å². The summed E-state index contributed by atoms with van der Waals surface area (Å²) in [5.74, 6) is 1.63. The van der Waals surface area contributed by atoms with Crippen LogP contribution in [0.3, 0.4) is 0 Å². The monoisotopic (exact) mass is 250 g/mol. The molecule has 1 aromatic heterocycles. The van der Waals surface area contributed by atoms with Gasteiger partial charge in [-0.05, 0) is 39.3 Å². The third-order valence-electron chi connectivity index (χ3n) is 3.49. The first-order valence-electron chi connectivity index (χ1n) is 6.62. The summed E-state index contributed by atoms with van der Waals surface area (Å²) >= 11 is 0. The van der Waals surface area contributed by atoms with E-state index >= 15 is 0 Å². The number of piperidine rings is 1. The first kappa shape index (κ1) is 13.1. The highest BCUT2D eigenvalue weighted by Crippen LogP contribution is 2.26. The molecule has 1 fully saturated rings. The number of nitrogens with one attached hydrogen (secondary N) is 1. The van der Waals surface area contributed by atoms with E-state index in [4.69, 9.17) is 4.74 Å². The summed E-state index contributed by atoms with van der Waals surface area (Å²) in [6.07, 6.45) is 6.53. The lowest BCUT2D eigenvalue weighted by Crippen LogP contribution is -2.41. The Bertz CT molecular complexity index is 372. The van der Waals surface area contributed by atoms with Gasteiger partial charge in [0, 0.05) is 18.7 Å². The molecule has 0 spiro atoms. The molecule has 1 aliphatic rings. The first-order valence-corrected chi connectivity index (χ1v) is 6.62. The predicted molar refractivity (Wildman–Crippen MR) is 72.1 cm³/mol. The number of hydrogen-bond donors (Lipinski definition) is 1. The molecule has 0 saturated carbocycles. The zero-order valence-electron chi connectivity index (χ0n) is 11.2. The summed E-state index contributed by atoms with van der Waals surface area (Å²) in [6.45, 7) is 2.12. The second-order valence-electron chi connectivity index (χ2n) is 4.65. The van der Waals surface area contributed by atoms with E-state index in [0.717, 1.165) is 25.3 Å². The Morgan fingerprint density at radius 2 is 2.33 bits per heavy atom. The summed E-state index contributed by atoms with van der Waals surface area (Å²) < 4.78 is 5.17. The average molecular weight is 250 g/mol. The van der Waals surface area contributed by atoms with E-state index in [2.05, 4.69) is 20.2 Å². The van der Waals surface area contributed by atoms with Crippen LogP contribution in [0.25, 0.3) is 0 Å². The third-order valence-corrected chi connectivity index (χ3v) is 3.49. The molecule has 0 radical (unpaired) electrons. The third kappa shape index (κ3) is 3.10. The van der Waals surface area contributed by atoms with Gasteiger partial charge in [-0.2, -0.15) is 0 Å². The second kappa shape index (κ2) is 6.54. The van der Waals surface area contributed by atoms with Gasteiger partial charge in [0.25, 0.3) is 0 Å². The van der Waals surface area contributed by atoms with Crippen molar-refractivity contribution in [1.29, 1.82) is 0 Å². The molecule has 1 saturated heterocycles. The van der Waals surface area contributed by atoms with Crippen LogP contribution in [0, 0.1) is 0 Å². The van der Waals surface area contributed by atoms with E-state index in [9.17, 15) is 0 Å². The van der Waals surface area contributed by atoms with Gasteiger partial charge in [-0.15, -0.1) is 0 Å². The minimum absolute atomic E-state index is 0.575. The highest BCUT2D eigenvalue weighted by atomic mass is 16.5. The molecule has 18 heavy (non-hydrogen) atoms. The molecule has 0 amide bonds. The normalized spacial score (nSPS) is 19.9. The molecule has 0 aromatic carbocycles. The number of aromatic nitrogens is 2. The molecule has 1 N–H and O–H groups in total. The second-order valence-corrected chi connectivity index (χ2v) is 4.65. The Hall–Kier alpha value is -1.36. The van der Waals surface area contributed by atoms with Crippen LogP contribution in [0.5, 0.6) is 5.88 Å². The molecule has 1 atom stereocenters. The summed E-state index contributed by atoms with van der Waals surface area (Å²) in [4.78, 5) is 10.8. The lowest BCUT2D eigenvalue weighted by molar-refractivity contribution is 0.394. The SMILES string of the molecule is CNCCC1CCCCN1c1cc(OC)ncn1. The number of nitrogens with zero attached hydrogens (tertiary/aromatic N) is 3. The summed E-state index contributed by atoms with van der Waals surface area (Å²) in [7, 11) is 3.64. The van der Waals surface area contributed by atoms with E-state index in [1.807, 2.05) is 13.1 Å². The van der Waals surface area contributed by atoms with Crippen LogP contribution >= 0.6 is 0 Å². The summed E-state index contributed by atoms with van der Waals surface area (Å²) in [5.41, 5.74) is 0. The van der Waals surface area contributed by atoms with Crippen LogP contribution < -0.4 is 15.0 Å². The van der Waals surface area contributed by atoms with Crippen molar-refractivity contribution >= 4 is 5.82 Å². The Labute approximate surface area is 109 Å². The lowest BCUT2D eigenvalue weighted by Gasteiger charge is -2.36. The molecule has 2 rings (SSSR count). The fourth-order valence-corrected chi connectivity index (χ4v) is 2.51. The van der Waals surface area contributed by atoms with Crippen molar-refractivity contribution in [3.8, 4) is 5.88 Å². The van der Waals surface area contributed by atoms with Gasteiger partial charge in [-0.1, -0.05) is 0 Å². The highest BCUT2D eigenvalue weighted by molar-refractivity contribution is 5.42. The van der Waals surface area contributed by atoms with Crippen LogP contribution in [0.4, 0.5) is 5.82 Å². The van der Waals surface area contributed by atoms with E-state index < -0.39 is 0 Å². The lowest BCUT2D eigenvalue weighted by atomic mass is 9.99. The van der Waals surface area contributed by atoms with Gasteiger partial charge in [-0.3, -0.25) is 0 Å². The molecular weight excluding hydrogens is 228 g/mol. The van der Waals surface area contributed by atoms with Gasteiger partial charge in [0.15, 0.2) is 0 Å². The highest BCUT2D eigenvalue weighted by Gasteiger charge is 2.23. The molecule has 100 valence electrons. The van der Waals surface area contributed by atoms with Crippen molar-refractivity contribution < 1.29 is 4.74 Å². The van der Waals surface area contributed by atoms with Crippen molar-refractivity contribution in [2.24, 2.45) is 0 Å². The Kier molecular flexibility index (Phi) is 4.75. The summed E-state index contributed by atoms with van der Waals surface area (Å²) in [5, 5.41) is 3.23. The van der Waals surface area contributed by atoms with Crippen LogP contribution in [-0.4, -0.2) is 43.3 Å². The Morgan fingerprint density at radius 3 is 3.11 bits per heavy atom. The number of rotatable bonds is 5. The van der Waals surface area contributed by atoms with Gasteiger partial charge in [0.1, 0.15) is 12.1 Å². The molecule has 5 heteroatoms. The number of ether oxygens (including phenoxy) is 1. The zero-order valence-corrected chi connectivity index (χ0v) is 11.2. The van der Waals surface area contributed by atoms with E-state index in [0.29, 0.717) is 11.9 Å². The quantitative estimate of drug-likeness (QED) is 0.857. The molecule has 0 bridgehead atoms. The molecule has 1 unspecified atom stereocenters. The van der Waals surface area contributed by atoms with Crippen molar-refractivity contribution in [3.05, 3.63) is 12.4 Å². The van der Waals surface area contributed by atoms with Crippen LogP contribution in [0.2, 0.25) is 0 Å². The molecule has 2 heterocycles. The van der Waals surface area contributed by atoms with Crippen LogP contribution in [-0.2, 0) is 0 Å². The smallest absolute Gasteiger partial charge is 0.218 e. The fraction of sp³-hybridized carbons (Fsp3) is 0.692. The van der Waals surface area contributed by atoms with Crippen molar-refractivity contribution in [2.45, 2.75) is 31.7 Å². The van der Waals surface area contributed by atoms with Gasteiger partial charge < -0.3 is 15.0 Å². The van der Waals surface area contributed by atoms with Gasteiger partial charge in [0.05, 0.1) is 7.11 Å². The summed E-state index contributed by atoms with van der Waals surface area (Å²) in [6, 6.07) is 2.50. The standard InChI is InChI=1S/C13H22N4O/c1-14-7-6-11-5-3-4-8-17(11)12-9-13(18-2)16-10-15-12/h9-11,14H,3-8H2,1-2H3. The Balaban J connectivity index is 2.11. The topological polar surface area (TPSA) is 50.3 Å². The van der Waals surface area contributed by atoms with Crippen LogP contribution in [0.1, 0.15) is 25.7 Å². The van der Waals surface area contributed by atoms with Gasteiger partial charge in [-0.25, -0.2) is 9.97 Å². The maximum absolute atomic E-state index is 5.17. The number of hydrogen-bond acceptors (Lipinski definition) is 5.